The van der Waals surface area contributed by atoms with Crippen LogP contribution in [0.2, 0.25) is 0 Å². The fraction of sp³-hybridized carbons (Fsp3) is 0.583. The van der Waals surface area contributed by atoms with Crippen LogP contribution in [-0.4, -0.2) is 102 Å². The van der Waals surface area contributed by atoms with Gasteiger partial charge in [0.1, 0.15) is 11.4 Å². The molecular weight excluding hydrogens is 957 g/mol. The third-order valence-electron chi connectivity index (χ3n) is 15.2. The van der Waals surface area contributed by atoms with Gasteiger partial charge in [0.2, 0.25) is 0 Å². The van der Waals surface area contributed by atoms with Crippen molar-refractivity contribution in [3.8, 4) is 11.5 Å². The first-order chi connectivity index (χ1) is 35.8. The maximum atomic E-state index is 14.5. The minimum atomic E-state index is -0.873. The lowest BCUT2D eigenvalue weighted by atomic mass is 9.75. The quantitative estimate of drug-likeness (QED) is 0.0626. The molecule has 1 N–H and O–H groups in total. The first-order valence-electron chi connectivity index (χ1n) is 27.3. The van der Waals surface area contributed by atoms with E-state index in [2.05, 4.69) is 47.9 Å². The van der Waals surface area contributed by atoms with Crippen LogP contribution in [0.5, 0.6) is 11.5 Å². The van der Waals surface area contributed by atoms with Crippen LogP contribution in [0.3, 0.4) is 0 Å². The van der Waals surface area contributed by atoms with E-state index in [9.17, 15) is 28.3 Å². The van der Waals surface area contributed by atoms with Crippen LogP contribution in [0.4, 0.5) is 19.4 Å². The van der Waals surface area contributed by atoms with Gasteiger partial charge in [-0.3, -0.25) is 29.3 Å². The maximum Gasteiger partial charge on any atom is 0.416 e. The number of pyridine rings is 2. The van der Waals surface area contributed by atoms with Gasteiger partial charge in [0.05, 0.1) is 33.7 Å². The van der Waals surface area contributed by atoms with Crippen molar-refractivity contribution in [3.63, 3.8) is 0 Å². The molecule has 2 aromatic heterocycles. The lowest BCUT2D eigenvalue weighted by Gasteiger charge is -2.52. The number of carboxylic acids is 1. The van der Waals surface area contributed by atoms with Crippen molar-refractivity contribution in [2.24, 2.45) is 10.8 Å². The molecule has 1 aliphatic carbocycles. The molecule has 0 radical (unpaired) electrons. The van der Waals surface area contributed by atoms with E-state index in [4.69, 9.17) is 28.9 Å². The number of nitrogens with zero attached hydrogens (tertiary/aromatic N) is 5. The molecule has 408 valence electrons. The molecule has 13 nitrogen and oxygen atoms in total. The Morgan fingerprint density at radius 2 is 1.21 bits per heavy atom. The van der Waals surface area contributed by atoms with Crippen LogP contribution in [0.1, 0.15) is 164 Å². The number of halogens is 2. The first-order valence-corrected chi connectivity index (χ1v) is 27.3. The summed E-state index contributed by atoms with van der Waals surface area (Å²) in [7, 11) is 2.87. The molecule has 15 heteroatoms. The zero-order valence-electron chi connectivity index (χ0n) is 45.8. The van der Waals surface area contributed by atoms with Crippen molar-refractivity contribution in [1.82, 2.24) is 19.8 Å². The minimum Gasteiger partial charge on any atom is -0.494 e. The monoisotopic (exact) mass is 1040 g/mol. The van der Waals surface area contributed by atoms with Gasteiger partial charge in [0, 0.05) is 61.9 Å². The summed E-state index contributed by atoms with van der Waals surface area (Å²) in [5, 5.41) is 9.42. The molecule has 0 saturated carbocycles. The van der Waals surface area contributed by atoms with Gasteiger partial charge in [0.25, 0.3) is 0 Å². The Bertz CT molecular complexity index is 2590. The van der Waals surface area contributed by atoms with Crippen LogP contribution in [0.25, 0.3) is 0 Å². The van der Waals surface area contributed by atoms with Crippen molar-refractivity contribution in [3.05, 3.63) is 112 Å². The largest absolute Gasteiger partial charge is 0.494 e. The SMILES string of the molecule is CCOC(=O)C[C@@H](c1ccc(OC)c(F)c1)N1CC(C)(CCCCc2ccc3c(n2)N(C(=O)OC(C)(C)C)CCC3)C1.COc1ccc([C@H](CC(=O)O)N2CC(C)(CCCCc3ccc4c(n3)CCCC4)C2)cc1F. The van der Waals surface area contributed by atoms with Crippen LogP contribution in [-0.2, 0) is 51.2 Å². The van der Waals surface area contributed by atoms with Crippen LogP contribution >= 0.6 is 0 Å². The van der Waals surface area contributed by atoms with Gasteiger partial charge >= 0.3 is 18.0 Å². The zero-order valence-corrected chi connectivity index (χ0v) is 45.8. The van der Waals surface area contributed by atoms with E-state index in [1.165, 1.54) is 62.6 Å². The van der Waals surface area contributed by atoms with Crippen molar-refractivity contribution in [1.29, 1.82) is 0 Å². The molecule has 1 amide bonds. The van der Waals surface area contributed by atoms with Gasteiger partial charge < -0.3 is 24.1 Å². The summed E-state index contributed by atoms with van der Waals surface area (Å²) in [4.78, 5) is 52.5. The third-order valence-corrected chi connectivity index (χ3v) is 15.2. The van der Waals surface area contributed by atoms with E-state index in [-0.39, 0.29) is 59.3 Å². The van der Waals surface area contributed by atoms with E-state index in [1.54, 1.807) is 30.0 Å². The van der Waals surface area contributed by atoms with Gasteiger partial charge in [-0.15, -0.1) is 0 Å². The van der Waals surface area contributed by atoms with Crippen molar-refractivity contribution in [2.75, 3.05) is 58.5 Å². The van der Waals surface area contributed by atoms with Gasteiger partial charge in [-0.25, -0.2) is 18.6 Å². The molecule has 8 rings (SSSR count). The Morgan fingerprint density at radius 3 is 1.73 bits per heavy atom. The first kappa shape index (κ1) is 57.0. The van der Waals surface area contributed by atoms with E-state index in [1.807, 2.05) is 26.8 Å². The van der Waals surface area contributed by atoms with Gasteiger partial charge in [-0.2, -0.15) is 0 Å². The Labute approximate surface area is 443 Å². The van der Waals surface area contributed by atoms with E-state index < -0.39 is 23.2 Å². The van der Waals surface area contributed by atoms with Crippen molar-refractivity contribution >= 4 is 23.8 Å². The van der Waals surface area contributed by atoms with Gasteiger partial charge in [-0.1, -0.05) is 51.0 Å². The number of aryl methyl sites for hydroxylation is 5. The Kier molecular flexibility index (Phi) is 19.4. The second-order valence-corrected chi connectivity index (χ2v) is 22.9. The number of likely N-dealkylation sites (tertiary alicyclic amines) is 2. The number of anilines is 1. The summed E-state index contributed by atoms with van der Waals surface area (Å²) in [5.41, 5.74) is 7.20. The van der Waals surface area contributed by atoms with E-state index in [0.29, 0.717) is 18.7 Å². The molecular formula is C60H81F2N5O8. The predicted molar refractivity (Wildman–Crippen MR) is 286 cm³/mol. The summed E-state index contributed by atoms with van der Waals surface area (Å²) in [6.45, 7) is 16.2. The molecule has 0 spiro atoms. The minimum absolute atomic E-state index is 0.0359. The van der Waals surface area contributed by atoms with Crippen LogP contribution in [0, 0.1) is 22.5 Å². The van der Waals surface area contributed by atoms with Crippen molar-refractivity contribution in [2.45, 2.75) is 162 Å². The fourth-order valence-electron chi connectivity index (χ4n) is 11.5. The Hall–Kier alpha value is -5.67. The number of esters is 1. The second-order valence-electron chi connectivity index (χ2n) is 22.9. The molecule has 3 aliphatic heterocycles. The number of carbonyl (C=O) groups excluding carboxylic acids is 2. The second kappa shape index (κ2) is 25.4. The standard InChI is InChI=1S/C33H46FN3O5.C27H35FN2O3/c1-7-41-29(38)20-27(24-14-16-28(40-6)26(34)19-24)36-21-33(5,22-36)17-9-8-12-25-15-13-23-11-10-18-37(30(23)35-25)31(39)42-32(2,3)4;1-27(14-6-5-8-21-12-10-19-7-3-4-9-23(19)29-21)17-30(18-27)24(16-26(31)32)20-11-13-25(33-2)22(28)15-20/h13-16,19,27H,7-12,17-18,20-22H2,1-6H3;10-13,15,24H,3-9,14,16-18H2,1-2H3,(H,31,32)/t27-;24-/m00/s1. The number of hydrogen-bond donors (Lipinski definition) is 1. The summed E-state index contributed by atoms with van der Waals surface area (Å²) in [5.74, 6) is -0.945. The number of carboxylic acid groups (broad SMARTS) is 1. The number of hydrogen-bond acceptors (Lipinski definition) is 11. The van der Waals surface area contributed by atoms with Gasteiger partial charge in [-0.05, 0) is 174 Å². The highest BCUT2D eigenvalue weighted by molar-refractivity contribution is 5.88. The molecule has 5 heterocycles. The average molecular weight is 1040 g/mol. The number of unbranched alkanes of at least 4 members (excludes halogenated alkanes) is 2. The molecule has 4 aliphatic rings. The smallest absolute Gasteiger partial charge is 0.416 e. The molecule has 2 saturated heterocycles. The van der Waals surface area contributed by atoms with Crippen molar-refractivity contribution < 1.29 is 47.2 Å². The highest BCUT2D eigenvalue weighted by atomic mass is 19.1. The van der Waals surface area contributed by atoms with E-state index >= 15 is 0 Å². The normalized spacial score (nSPS) is 17.7. The highest BCUT2D eigenvalue weighted by Crippen LogP contribution is 2.44. The topological polar surface area (TPSA) is 144 Å². The highest BCUT2D eigenvalue weighted by Gasteiger charge is 2.44. The lowest BCUT2D eigenvalue weighted by Crippen LogP contribution is -2.56. The summed E-state index contributed by atoms with van der Waals surface area (Å²) in [6, 6.07) is 17.8. The molecule has 4 aromatic rings. The Morgan fingerprint density at radius 1 is 0.693 bits per heavy atom. The fourth-order valence-corrected chi connectivity index (χ4v) is 11.5. The number of aliphatic carboxylic acids is 1. The third kappa shape index (κ3) is 15.5. The molecule has 2 aromatic carbocycles. The molecule has 2 fully saturated rings. The number of rotatable bonds is 21. The summed E-state index contributed by atoms with van der Waals surface area (Å²) < 4.78 is 49.7. The number of benzene rings is 2. The number of fused-ring (bicyclic) bond motifs is 2. The number of carbonyl (C=O) groups is 3. The molecule has 75 heavy (non-hydrogen) atoms. The average Bonchev–Trinajstić information content (AvgIpc) is 3.35. The predicted octanol–water partition coefficient (Wildman–Crippen LogP) is 12.0. The summed E-state index contributed by atoms with van der Waals surface area (Å²) >= 11 is 0. The van der Waals surface area contributed by atoms with Crippen LogP contribution in [0.15, 0.2) is 60.7 Å². The summed E-state index contributed by atoms with van der Waals surface area (Å²) in [6.07, 6.45) is 14.7. The number of ether oxygens (including phenoxy) is 4. The van der Waals surface area contributed by atoms with Crippen LogP contribution < -0.4 is 14.4 Å². The molecule has 2 atom stereocenters. The maximum absolute atomic E-state index is 14.5. The lowest BCUT2D eigenvalue weighted by molar-refractivity contribution is -0.146. The zero-order chi connectivity index (χ0) is 53.9. The molecule has 0 bridgehead atoms. The number of aromatic nitrogens is 2. The van der Waals surface area contributed by atoms with Gasteiger partial charge in [0.15, 0.2) is 23.1 Å². The Balaban J connectivity index is 0.000000225. The molecule has 0 unspecified atom stereocenters. The van der Waals surface area contributed by atoms with E-state index in [0.717, 1.165) is 119 Å². The number of amides is 1. The number of methoxy groups -OCH3 is 2.